The van der Waals surface area contributed by atoms with Crippen LogP contribution < -0.4 is 5.32 Å². The van der Waals surface area contributed by atoms with Gasteiger partial charge < -0.3 is 15.5 Å². The topological polar surface area (TPSA) is 99.8 Å². The minimum atomic E-state index is -1.03. The maximum Gasteiger partial charge on any atom is 0.405 e. The fourth-order valence-corrected chi connectivity index (χ4v) is 3.38. The molecule has 124 valence electrons. The quantitative estimate of drug-likeness (QED) is 0.752. The van der Waals surface area contributed by atoms with Crippen molar-refractivity contribution in [1.29, 1.82) is 0 Å². The molecule has 23 heavy (non-hydrogen) atoms. The Morgan fingerprint density at radius 1 is 1.35 bits per heavy atom. The van der Waals surface area contributed by atoms with Crippen LogP contribution in [0.25, 0.3) is 5.65 Å². The summed E-state index contributed by atoms with van der Waals surface area (Å²) in [5, 5.41) is 25.3. The third-order valence-electron chi connectivity index (χ3n) is 4.55. The van der Waals surface area contributed by atoms with E-state index >= 15 is 0 Å². The number of carboxylic acid groups (broad SMARTS) is 1. The van der Waals surface area contributed by atoms with Crippen LogP contribution in [0.2, 0.25) is 0 Å². The van der Waals surface area contributed by atoms with Crippen molar-refractivity contribution in [2.45, 2.75) is 51.2 Å². The number of hydrogen-bond donors (Lipinski definition) is 3. The van der Waals surface area contributed by atoms with Crippen LogP contribution >= 0.6 is 0 Å². The number of fused-ring (bicyclic) bond motifs is 1. The Morgan fingerprint density at radius 3 is 2.74 bits per heavy atom. The van der Waals surface area contributed by atoms with Gasteiger partial charge in [-0.3, -0.25) is 0 Å². The maximum absolute atomic E-state index is 11.2. The number of hydrogen-bond acceptors (Lipinski definition) is 4. The van der Waals surface area contributed by atoms with E-state index in [9.17, 15) is 15.0 Å². The van der Waals surface area contributed by atoms with E-state index in [1.807, 2.05) is 0 Å². The van der Waals surface area contributed by atoms with Gasteiger partial charge in [-0.15, -0.1) is 0 Å². The lowest BCUT2D eigenvalue weighted by Gasteiger charge is -2.24. The summed E-state index contributed by atoms with van der Waals surface area (Å²) in [6, 6.07) is 1.45. The Hall–Kier alpha value is -2.15. The average molecular weight is 318 g/mol. The second-order valence-corrected chi connectivity index (χ2v) is 6.17. The highest BCUT2D eigenvalue weighted by atomic mass is 16.4. The van der Waals surface area contributed by atoms with Crippen LogP contribution in [0.15, 0.2) is 18.5 Å². The van der Waals surface area contributed by atoms with E-state index < -0.39 is 6.09 Å². The van der Waals surface area contributed by atoms with Gasteiger partial charge in [0.1, 0.15) is 0 Å². The summed E-state index contributed by atoms with van der Waals surface area (Å²) < 4.78 is 1.63. The van der Waals surface area contributed by atoms with Crippen molar-refractivity contribution in [3.8, 4) is 0 Å². The zero-order valence-corrected chi connectivity index (χ0v) is 13.0. The van der Waals surface area contributed by atoms with E-state index in [-0.39, 0.29) is 18.6 Å². The molecule has 1 aliphatic carbocycles. The van der Waals surface area contributed by atoms with Crippen molar-refractivity contribution in [3.63, 3.8) is 0 Å². The van der Waals surface area contributed by atoms with Crippen molar-refractivity contribution in [2.24, 2.45) is 5.92 Å². The molecule has 1 fully saturated rings. The van der Waals surface area contributed by atoms with Crippen LogP contribution in [-0.2, 0) is 6.61 Å². The van der Waals surface area contributed by atoms with Crippen molar-refractivity contribution < 1.29 is 15.0 Å². The van der Waals surface area contributed by atoms with Crippen LogP contribution in [0, 0.1) is 5.92 Å². The fourth-order valence-electron chi connectivity index (χ4n) is 3.38. The first-order valence-electron chi connectivity index (χ1n) is 8.12. The van der Waals surface area contributed by atoms with Gasteiger partial charge in [0.05, 0.1) is 30.7 Å². The summed E-state index contributed by atoms with van der Waals surface area (Å²) in [5.74, 6) is 0.260. The summed E-state index contributed by atoms with van der Waals surface area (Å²) in [6.07, 6.45) is 9.03. The van der Waals surface area contributed by atoms with Crippen molar-refractivity contribution in [2.75, 3.05) is 0 Å². The number of imidazole rings is 1. The number of aliphatic hydroxyl groups is 1. The molecule has 2 heterocycles. The molecule has 2 aromatic rings. The maximum atomic E-state index is 11.2. The summed E-state index contributed by atoms with van der Waals surface area (Å²) in [7, 11) is 0. The molecular formula is C16H22N4O3. The number of carbonyl (C=O) groups is 1. The predicted octanol–water partition coefficient (Wildman–Crippen LogP) is 2.50. The van der Waals surface area contributed by atoms with Crippen molar-refractivity contribution >= 4 is 11.7 Å². The van der Waals surface area contributed by atoms with E-state index in [4.69, 9.17) is 0 Å². The third-order valence-corrected chi connectivity index (χ3v) is 4.55. The molecule has 1 unspecified atom stereocenters. The van der Waals surface area contributed by atoms with Crippen LogP contribution in [0.4, 0.5) is 4.79 Å². The Morgan fingerprint density at radius 2 is 2.09 bits per heavy atom. The molecule has 3 rings (SSSR count). The van der Waals surface area contributed by atoms with Gasteiger partial charge in [0.2, 0.25) is 0 Å². The molecule has 0 bridgehead atoms. The van der Waals surface area contributed by atoms with E-state index in [0.29, 0.717) is 16.9 Å². The van der Waals surface area contributed by atoms with Gasteiger partial charge in [0, 0.05) is 5.56 Å². The minimum Gasteiger partial charge on any atom is -0.465 e. The second kappa shape index (κ2) is 6.95. The summed E-state index contributed by atoms with van der Waals surface area (Å²) >= 11 is 0. The minimum absolute atomic E-state index is 0.0921. The molecule has 0 aromatic carbocycles. The van der Waals surface area contributed by atoms with Crippen molar-refractivity contribution in [1.82, 2.24) is 19.9 Å². The van der Waals surface area contributed by atoms with Gasteiger partial charge >= 0.3 is 6.09 Å². The van der Waals surface area contributed by atoms with Crippen LogP contribution in [-0.4, -0.2) is 30.9 Å². The molecule has 0 aliphatic heterocycles. The molecule has 7 nitrogen and oxygen atoms in total. The normalized spacial score (nSPS) is 17.8. The van der Waals surface area contributed by atoms with Crippen molar-refractivity contribution in [3.05, 3.63) is 29.7 Å². The smallest absolute Gasteiger partial charge is 0.405 e. The standard InChI is InChI=1S/C16H22N4O3/c21-10-11-7-14-18-13(9-20(14)17-8-11)15(19-16(22)23)12-5-3-1-2-4-6-12/h7-9,12,15,19,21H,1-6,10H2,(H,22,23). The van der Waals surface area contributed by atoms with E-state index in [0.717, 1.165) is 25.7 Å². The molecule has 0 spiro atoms. The Labute approximate surface area is 134 Å². The molecule has 1 saturated carbocycles. The third kappa shape index (κ3) is 3.61. The molecule has 1 amide bonds. The number of nitrogens with zero attached hydrogens (tertiary/aromatic N) is 3. The SMILES string of the molecule is O=C(O)NC(c1cn2ncc(CO)cc2n1)C1CCCCCC1. The monoisotopic (exact) mass is 318 g/mol. The summed E-state index contributed by atoms with van der Waals surface area (Å²) in [5.41, 5.74) is 2.01. The summed E-state index contributed by atoms with van der Waals surface area (Å²) in [6.45, 7) is -0.0921. The zero-order chi connectivity index (χ0) is 16.2. The summed E-state index contributed by atoms with van der Waals surface area (Å²) in [4.78, 5) is 15.8. The lowest BCUT2D eigenvalue weighted by atomic mass is 9.90. The zero-order valence-electron chi connectivity index (χ0n) is 13.0. The second-order valence-electron chi connectivity index (χ2n) is 6.17. The lowest BCUT2D eigenvalue weighted by molar-refractivity contribution is 0.181. The molecule has 7 heteroatoms. The molecule has 0 saturated heterocycles. The Kier molecular flexibility index (Phi) is 4.76. The lowest BCUT2D eigenvalue weighted by Crippen LogP contribution is -2.32. The predicted molar refractivity (Wildman–Crippen MR) is 84.0 cm³/mol. The van der Waals surface area contributed by atoms with E-state index in [1.165, 1.54) is 12.8 Å². The Bertz CT molecular complexity index is 677. The number of amides is 1. The first-order valence-corrected chi connectivity index (χ1v) is 8.12. The van der Waals surface area contributed by atoms with Gasteiger partial charge in [0.25, 0.3) is 0 Å². The van der Waals surface area contributed by atoms with Crippen LogP contribution in [0.3, 0.4) is 0 Å². The van der Waals surface area contributed by atoms with E-state index in [1.54, 1.807) is 23.0 Å². The highest BCUT2D eigenvalue weighted by molar-refractivity contribution is 5.65. The van der Waals surface area contributed by atoms with Crippen LogP contribution in [0.5, 0.6) is 0 Å². The van der Waals surface area contributed by atoms with Gasteiger partial charge in [-0.25, -0.2) is 14.3 Å². The largest absolute Gasteiger partial charge is 0.465 e. The highest BCUT2D eigenvalue weighted by Gasteiger charge is 2.28. The number of nitrogens with one attached hydrogen (secondary N) is 1. The highest BCUT2D eigenvalue weighted by Crippen LogP contribution is 2.33. The molecular weight excluding hydrogens is 296 g/mol. The van der Waals surface area contributed by atoms with Gasteiger partial charge in [-0.05, 0) is 24.8 Å². The average Bonchev–Trinajstić information content (AvgIpc) is 2.77. The first-order chi connectivity index (χ1) is 11.2. The number of aromatic nitrogens is 3. The first kappa shape index (κ1) is 15.7. The molecule has 1 atom stereocenters. The number of aliphatic hydroxyl groups excluding tert-OH is 1. The van der Waals surface area contributed by atoms with Gasteiger partial charge in [0.15, 0.2) is 5.65 Å². The van der Waals surface area contributed by atoms with Gasteiger partial charge in [-0.1, -0.05) is 25.7 Å². The van der Waals surface area contributed by atoms with Crippen LogP contribution in [0.1, 0.15) is 55.8 Å². The molecule has 1 aliphatic rings. The van der Waals surface area contributed by atoms with E-state index in [2.05, 4.69) is 15.4 Å². The van der Waals surface area contributed by atoms with Gasteiger partial charge in [-0.2, -0.15) is 5.10 Å². The molecule has 0 radical (unpaired) electrons. The number of rotatable bonds is 4. The fraction of sp³-hybridized carbons (Fsp3) is 0.562. The molecule has 2 aromatic heterocycles. The molecule has 3 N–H and O–H groups in total. The Balaban J connectivity index is 1.93.